The number of carbonyl (C=O) groups is 1. The molecule has 1 heteroatoms. The van der Waals surface area contributed by atoms with E-state index in [9.17, 15) is 4.79 Å². The Labute approximate surface area is 246 Å². The predicted molar refractivity (Wildman–Crippen MR) is 177 cm³/mol. The summed E-state index contributed by atoms with van der Waals surface area (Å²) in [6.45, 7) is 4.54. The molecule has 0 aromatic heterocycles. The molecule has 225 valence electrons. The van der Waals surface area contributed by atoms with Crippen LogP contribution in [0.4, 0.5) is 0 Å². The predicted octanol–water partition coefficient (Wildman–Crippen LogP) is 13.2. The summed E-state index contributed by atoms with van der Waals surface area (Å²) < 4.78 is 0. The Hall–Kier alpha value is -1.37. The molecule has 0 bridgehead atoms. The average molecular weight is 540 g/mol. The van der Waals surface area contributed by atoms with Gasteiger partial charge in [0.25, 0.3) is 0 Å². The van der Waals surface area contributed by atoms with E-state index >= 15 is 0 Å². The van der Waals surface area contributed by atoms with E-state index in [1.165, 1.54) is 116 Å². The lowest BCUT2D eigenvalue weighted by atomic mass is 10.0. The Morgan fingerprint density at radius 1 is 0.410 bits per heavy atom. The molecule has 0 fully saturated rings. The second-order valence-corrected chi connectivity index (χ2v) is 11.4. The van der Waals surface area contributed by atoms with Crippen molar-refractivity contribution in [2.45, 2.75) is 181 Å². The lowest BCUT2D eigenvalue weighted by molar-refractivity contribution is -0.118. The van der Waals surface area contributed by atoms with Crippen molar-refractivity contribution in [1.29, 1.82) is 0 Å². The third-order valence-electron chi connectivity index (χ3n) is 7.43. The molecule has 39 heavy (non-hydrogen) atoms. The van der Waals surface area contributed by atoms with E-state index in [4.69, 9.17) is 0 Å². The van der Waals surface area contributed by atoms with E-state index in [0.29, 0.717) is 12.2 Å². The molecule has 0 rings (SSSR count). The first-order valence-electron chi connectivity index (χ1n) is 17.2. The van der Waals surface area contributed by atoms with E-state index < -0.39 is 0 Å². The lowest BCUT2D eigenvalue weighted by Gasteiger charge is -2.03. The van der Waals surface area contributed by atoms with Crippen LogP contribution in [0.25, 0.3) is 0 Å². The molecule has 1 radical (unpaired) electrons. The minimum atomic E-state index is 0.427. The SMILES string of the molecule is CCCCC/C=C\C/C=C\C/C=C\C/C=C\CC[CH]CC(=O)CCCCCCCCCCCCCCCCC. The Kier molecular flexibility index (Phi) is 33.4. The number of hydrogen-bond donors (Lipinski definition) is 0. The molecule has 0 unspecified atom stereocenters. The first-order valence-corrected chi connectivity index (χ1v) is 17.2. The summed E-state index contributed by atoms with van der Waals surface area (Å²) in [6, 6.07) is 0. The molecule has 0 aliphatic carbocycles. The fourth-order valence-electron chi connectivity index (χ4n) is 4.83. The van der Waals surface area contributed by atoms with Gasteiger partial charge in [-0.3, -0.25) is 4.79 Å². The van der Waals surface area contributed by atoms with E-state index in [-0.39, 0.29) is 0 Å². The molecular weight excluding hydrogens is 472 g/mol. The molecule has 0 saturated heterocycles. The fraction of sp³-hybridized carbons (Fsp3) is 0.737. The summed E-state index contributed by atoms with van der Waals surface area (Å²) >= 11 is 0. The van der Waals surface area contributed by atoms with Crippen LogP contribution in [0.1, 0.15) is 181 Å². The van der Waals surface area contributed by atoms with Crippen LogP contribution < -0.4 is 0 Å². The van der Waals surface area contributed by atoms with Gasteiger partial charge < -0.3 is 0 Å². The van der Waals surface area contributed by atoms with Crippen molar-refractivity contribution in [1.82, 2.24) is 0 Å². The summed E-state index contributed by atoms with van der Waals surface area (Å²) in [5, 5.41) is 0. The Balaban J connectivity index is 3.34. The Morgan fingerprint density at radius 3 is 1.28 bits per heavy atom. The zero-order chi connectivity index (χ0) is 28.3. The molecule has 0 aliphatic heterocycles. The third-order valence-corrected chi connectivity index (χ3v) is 7.43. The second kappa shape index (κ2) is 34.7. The van der Waals surface area contributed by atoms with Gasteiger partial charge in [0.15, 0.2) is 0 Å². The minimum Gasteiger partial charge on any atom is -0.300 e. The van der Waals surface area contributed by atoms with Crippen LogP contribution in [0.5, 0.6) is 0 Å². The monoisotopic (exact) mass is 540 g/mol. The zero-order valence-electron chi connectivity index (χ0n) is 26.5. The summed E-state index contributed by atoms with van der Waals surface area (Å²) in [5.41, 5.74) is 0. The molecule has 0 aromatic rings. The van der Waals surface area contributed by atoms with Gasteiger partial charge in [-0.2, -0.15) is 0 Å². The number of rotatable bonds is 31. The van der Waals surface area contributed by atoms with Crippen molar-refractivity contribution in [2.24, 2.45) is 0 Å². The van der Waals surface area contributed by atoms with Crippen LogP contribution in [0.3, 0.4) is 0 Å². The smallest absolute Gasteiger partial charge is 0.133 e. The van der Waals surface area contributed by atoms with Gasteiger partial charge in [0.1, 0.15) is 5.78 Å². The third kappa shape index (κ3) is 34.6. The summed E-state index contributed by atoms with van der Waals surface area (Å²) in [5.74, 6) is 0.427. The van der Waals surface area contributed by atoms with Crippen molar-refractivity contribution in [3.8, 4) is 0 Å². The van der Waals surface area contributed by atoms with Crippen LogP contribution in [0.2, 0.25) is 0 Å². The topological polar surface area (TPSA) is 17.1 Å². The van der Waals surface area contributed by atoms with Crippen molar-refractivity contribution >= 4 is 5.78 Å². The van der Waals surface area contributed by atoms with Crippen LogP contribution in [-0.4, -0.2) is 5.78 Å². The highest BCUT2D eigenvalue weighted by molar-refractivity contribution is 5.79. The van der Waals surface area contributed by atoms with Gasteiger partial charge in [0, 0.05) is 12.8 Å². The maximum atomic E-state index is 12.1. The van der Waals surface area contributed by atoms with E-state index in [2.05, 4.69) is 68.9 Å². The first-order chi connectivity index (χ1) is 19.3. The molecule has 0 aliphatic rings. The lowest BCUT2D eigenvalue weighted by Crippen LogP contribution is -1.98. The Bertz CT molecular complexity index is 594. The Morgan fingerprint density at radius 2 is 0.795 bits per heavy atom. The fourth-order valence-corrected chi connectivity index (χ4v) is 4.83. The van der Waals surface area contributed by atoms with Gasteiger partial charge in [0.05, 0.1) is 0 Å². The van der Waals surface area contributed by atoms with Gasteiger partial charge in [-0.1, -0.05) is 165 Å². The molecule has 0 spiro atoms. The molecule has 1 nitrogen and oxygen atoms in total. The van der Waals surface area contributed by atoms with E-state index in [0.717, 1.165) is 44.9 Å². The highest BCUT2D eigenvalue weighted by Crippen LogP contribution is 2.14. The maximum Gasteiger partial charge on any atom is 0.133 e. The number of unbranched alkanes of at least 4 members (excludes halogenated alkanes) is 19. The largest absolute Gasteiger partial charge is 0.300 e. The normalized spacial score (nSPS) is 12.3. The molecule has 0 heterocycles. The molecule has 0 N–H and O–H groups in total. The number of carbonyl (C=O) groups excluding carboxylic acids is 1. The average Bonchev–Trinajstić information content (AvgIpc) is 2.94. The summed E-state index contributed by atoms with van der Waals surface area (Å²) in [4.78, 5) is 12.1. The quantitative estimate of drug-likeness (QED) is 0.0632. The van der Waals surface area contributed by atoms with Crippen molar-refractivity contribution in [3.63, 3.8) is 0 Å². The van der Waals surface area contributed by atoms with Crippen LogP contribution in [0, 0.1) is 6.42 Å². The molecule has 0 amide bonds. The highest BCUT2D eigenvalue weighted by Gasteiger charge is 2.01. The zero-order valence-corrected chi connectivity index (χ0v) is 26.5. The molecule has 0 atom stereocenters. The summed E-state index contributed by atoms with van der Waals surface area (Å²) in [6.07, 6.45) is 52.6. The van der Waals surface area contributed by atoms with Crippen LogP contribution in [0.15, 0.2) is 48.6 Å². The van der Waals surface area contributed by atoms with Gasteiger partial charge in [-0.05, 0) is 57.8 Å². The number of hydrogen-bond acceptors (Lipinski definition) is 1. The minimum absolute atomic E-state index is 0.427. The van der Waals surface area contributed by atoms with E-state index in [1.807, 2.05) is 0 Å². The first kappa shape index (κ1) is 37.6. The number of Topliss-reactive ketones (excluding diaryl/α,β-unsaturated/α-hetero) is 1. The van der Waals surface area contributed by atoms with Crippen molar-refractivity contribution in [3.05, 3.63) is 55.0 Å². The van der Waals surface area contributed by atoms with Crippen molar-refractivity contribution < 1.29 is 4.79 Å². The van der Waals surface area contributed by atoms with Gasteiger partial charge in [-0.15, -0.1) is 0 Å². The van der Waals surface area contributed by atoms with Crippen molar-refractivity contribution in [2.75, 3.05) is 0 Å². The van der Waals surface area contributed by atoms with E-state index in [1.54, 1.807) is 0 Å². The number of ketones is 1. The highest BCUT2D eigenvalue weighted by atomic mass is 16.1. The second-order valence-electron chi connectivity index (χ2n) is 11.4. The number of allylic oxidation sites excluding steroid dienone is 8. The van der Waals surface area contributed by atoms with Gasteiger partial charge in [0.2, 0.25) is 0 Å². The van der Waals surface area contributed by atoms with Gasteiger partial charge in [-0.25, -0.2) is 0 Å². The molecule has 0 aromatic carbocycles. The maximum absolute atomic E-state index is 12.1. The van der Waals surface area contributed by atoms with Crippen LogP contribution in [-0.2, 0) is 4.79 Å². The standard InChI is InChI=1S/C38H67O/c1-3-5-7-9-11-13-15-17-19-20-21-23-25-27-29-31-33-35-37-38(39)36-34-32-30-28-26-24-22-18-16-14-12-10-8-6-4-2/h11,13,17,19,21,23,27,29,35H,3-10,12,14-16,18,20,22,24-26,28,30-34,36-37H2,1-2H3/b13-11-,19-17-,23-21-,29-27-. The summed E-state index contributed by atoms with van der Waals surface area (Å²) in [7, 11) is 0. The van der Waals surface area contributed by atoms with Crippen LogP contribution >= 0.6 is 0 Å². The molecule has 0 saturated carbocycles. The van der Waals surface area contributed by atoms with Gasteiger partial charge >= 0.3 is 0 Å². The molecular formula is C38H67O.